The fraction of sp³-hybridized carbons (Fsp3) is 0.444. The lowest BCUT2D eigenvalue weighted by atomic mass is 10.1. The maximum absolute atomic E-state index is 12.5. The van der Waals surface area contributed by atoms with Gasteiger partial charge in [-0.05, 0) is 13.0 Å². The first kappa shape index (κ1) is 10.8. The number of methoxy groups -OCH3 is 1. The van der Waals surface area contributed by atoms with Gasteiger partial charge in [0.1, 0.15) is 5.75 Å². The van der Waals surface area contributed by atoms with Crippen molar-refractivity contribution in [2.45, 2.75) is 20.0 Å². The summed E-state index contributed by atoms with van der Waals surface area (Å²) in [6.07, 6.45) is -2.65. The zero-order valence-corrected chi connectivity index (χ0v) is 7.92. The molecule has 14 heavy (non-hydrogen) atoms. The van der Waals surface area contributed by atoms with Crippen LogP contribution in [0.4, 0.5) is 8.78 Å². The molecule has 0 spiro atoms. The van der Waals surface area contributed by atoms with E-state index in [0.29, 0.717) is 11.4 Å². The van der Waals surface area contributed by atoms with Crippen molar-refractivity contribution < 1.29 is 18.6 Å². The molecule has 1 aromatic heterocycles. The summed E-state index contributed by atoms with van der Waals surface area (Å²) >= 11 is 0. The summed E-state index contributed by atoms with van der Waals surface area (Å²) in [5, 5.41) is 8.82. The average Bonchev–Trinajstić information content (AvgIpc) is 2.16. The second kappa shape index (κ2) is 4.32. The molecule has 0 saturated carbocycles. The van der Waals surface area contributed by atoms with E-state index >= 15 is 0 Å². The van der Waals surface area contributed by atoms with Gasteiger partial charge in [-0.3, -0.25) is 4.98 Å². The van der Waals surface area contributed by atoms with Crippen molar-refractivity contribution in [2.24, 2.45) is 0 Å². The van der Waals surface area contributed by atoms with Crippen LogP contribution in [0.2, 0.25) is 0 Å². The van der Waals surface area contributed by atoms with Gasteiger partial charge >= 0.3 is 0 Å². The monoisotopic (exact) mass is 203 g/mol. The van der Waals surface area contributed by atoms with Gasteiger partial charge in [0.15, 0.2) is 0 Å². The van der Waals surface area contributed by atoms with E-state index in [4.69, 9.17) is 9.84 Å². The Balaban J connectivity index is 3.25. The number of aryl methyl sites for hydroxylation is 1. The molecule has 0 aliphatic rings. The lowest BCUT2D eigenvalue weighted by Crippen LogP contribution is -2.02. The molecule has 0 aromatic carbocycles. The number of halogens is 2. The molecule has 0 atom stereocenters. The first-order chi connectivity index (χ1) is 6.60. The molecule has 1 aromatic rings. The lowest BCUT2D eigenvalue weighted by Gasteiger charge is -2.10. The minimum Gasteiger partial charge on any atom is -0.495 e. The first-order valence-corrected chi connectivity index (χ1v) is 4.03. The molecule has 0 unspecified atom stereocenters. The van der Waals surface area contributed by atoms with Crippen LogP contribution in [0.1, 0.15) is 23.4 Å². The predicted molar refractivity (Wildman–Crippen MR) is 46.4 cm³/mol. The average molecular weight is 203 g/mol. The Morgan fingerprint density at radius 2 is 2.21 bits per heavy atom. The quantitative estimate of drug-likeness (QED) is 0.814. The van der Waals surface area contributed by atoms with Crippen LogP contribution in [0.15, 0.2) is 6.07 Å². The smallest absolute Gasteiger partial charge is 0.265 e. The van der Waals surface area contributed by atoms with Crippen molar-refractivity contribution in [1.29, 1.82) is 0 Å². The molecular weight excluding hydrogens is 192 g/mol. The van der Waals surface area contributed by atoms with Crippen molar-refractivity contribution in [3.8, 4) is 5.75 Å². The van der Waals surface area contributed by atoms with Gasteiger partial charge in [-0.1, -0.05) is 0 Å². The Hall–Kier alpha value is -1.23. The van der Waals surface area contributed by atoms with Gasteiger partial charge in [-0.25, -0.2) is 8.78 Å². The van der Waals surface area contributed by atoms with E-state index in [2.05, 4.69) is 4.98 Å². The second-order valence-electron chi connectivity index (χ2n) is 2.77. The number of alkyl halides is 2. The van der Waals surface area contributed by atoms with E-state index in [1.807, 2.05) is 0 Å². The summed E-state index contributed by atoms with van der Waals surface area (Å²) in [4.78, 5) is 3.83. The van der Waals surface area contributed by atoms with Gasteiger partial charge in [-0.15, -0.1) is 0 Å². The standard InChI is InChI=1S/C9H11F2NO2/c1-5-8(14-2)3-6(9(10)11)7(4-13)12-5/h3,9,13H,4H2,1-2H3. The molecule has 78 valence electrons. The number of hydrogen-bond acceptors (Lipinski definition) is 3. The van der Waals surface area contributed by atoms with Crippen LogP contribution in [0.5, 0.6) is 5.75 Å². The van der Waals surface area contributed by atoms with Gasteiger partial charge in [0.25, 0.3) is 6.43 Å². The summed E-state index contributed by atoms with van der Waals surface area (Å²) in [6, 6.07) is 1.21. The normalized spacial score (nSPS) is 10.7. The van der Waals surface area contributed by atoms with Gasteiger partial charge in [0.05, 0.1) is 25.1 Å². The first-order valence-electron chi connectivity index (χ1n) is 4.03. The zero-order valence-electron chi connectivity index (χ0n) is 7.92. The number of rotatable bonds is 3. The third-order valence-electron chi connectivity index (χ3n) is 1.88. The summed E-state index contributed by atoms with van der Waals surface area (Å²) in [7, 11) is 1.39. The number of nitrogens with zero attached hydrogens (tertiary/aromatic N) is 1. The number of hydrogen-bond donors (Lipinski definition) is 1. The minimum absolute atomic E-state index is 0.00157. The Morgan fingerprint density at radius 3 is 2.64 bits per heavy atom. The lowest BCUT2D eigenvalue weighted by molar-refractivity contribution is 0.145. The highest BCUT2D eigenvalue weighted by atomic mass is 19.3. The topological polar surface area (TPSA) is 42.4 Å². The number of aliphatic hydroxyl groups excluding tert-OH is 1. The number of ether oxygens (including phenoxy) is 1. The molecule has 0 aliphatic carbocycles. The third-order valence-corrected chi connectivity index (χ3v) is 1.88. The van der Waals surface area contributed by atoms with E-state index in [0.717, 1.165) is 0 Å². The van der Waals surface area contributed by atoms with E-state index in [1.165, 1.54) is 13.2 Å². The third kappa shape index (κ3) is 1.98. The summed E-state index contributed by atoms with van der Waals surface area (Å²) in [5.74, 6) is 0.303. The maximum Gasteiger partial charge on any atom is 0.265 e. The molecule has 0 radical (unpaired) electrons. The summed E-state index contributed by atoms with van der Waals surface area (Å²) in [5.41, 5.74) is 0.203. The van der Waals surface area contributed by atoms with Crippen LogP contribution >= 0.6 is 0 Å². The number of aliphatic hydroxyl groups is 1. The van der Waals surface area contributed by atoms with Crippen LogP contribution in [0.25, 0.3) is 0 Å². The molecule has 0 bridgehead atoms. The molecule has 3 nitrogen and oxygen atoms in total. The largest absolute Gasteiger partial charge is 0.495 e. The predicted octanol–water partition coefficient (Wildman–Crippen LogP) is 1.83. The SMILES string of the molecule is COc1cc(C(F)F)c(CO)nc1C. The molecule has 1 heterocycles. The molecule has 1 rings (SSSR count). The number of aromatic nitrogens is 1. The van der Waals surface area contributed by atoms with Crippen molar-refractivity contribution in [2.75, 3.05) is 7.11 Å². The van der Waals surface area contributed by atoms with E-state index < -0.39 is 13.0 Å². The second-order valence-corrected chi connectivity index (χ2v) is 2.77. The summed E-state index contributed by atoms with van der Waals surface area (Å²) < 4.78 is 29.8. The number of pyridine rings is 1. The Kier molecular flexibility index (Phi) is 3.35. The van der Waals surface area contributed by atoms with Crippen LogP contribution in [-0.2, 0) is 6.61 Å². The van der Waals surface area contributed by atoms with Crippen LogP contribution in [0.3, 0.4) is 0 Å². The molecule has 0 fully saturated rings. The highest BCUT2D eigenvalue weighted by molar-refractivity contribution is 5.35. The van der Waals surface area contributed by atoms with Crippen molar-refractivity contribution in [3.63, 3.8) is 0 Å². The van der Waals surface area contributed by atoms with Crippen LogP contribution in [0, 0.1) is 6.92 Å². The van der Waals surface area contributed by atoms with E-state index in [9.17, 15) is 8.78 Å². The van der Waals surface area contributed by atoms with Crippen LogP contribution in [-0.4, -0.2) is 17.2 Å². The van der Waals surface area contributed by atoms with Gasteiger partial charge in [0.2, 0.25) is 0 Å². The van der Waals surface area contributed by atoms with E-state index in [-0.39, 0.29) is 11.3 Å². The fourth-order valence-electron chi connectivity index (χ4n) is 1.17. The van der Waals surface area contributed by atoms with Gasteiger partial charge in [0, 0.05) is 5.56 Å². The Labute approximate surface area is 80.3 Å². The van der Waals surface area contributed by atoms with Crippen molar-refractivity contribution in [3.05, 3.63) is 23.0 Å². The van der Waals surface area contributed by atoms with E-state index in [1.54, 1.807) is 6.92 Å². The van der Waals surface area contributed by atoms with Gasteiger partial charge < -0.3 is 9.84 Å². The Bertz CT molecular complexity index is 329. The van der Waals surface area contributed by atoms with Crippen molar-refractivity contribution in [1.82, 2.24) is 4.98 Å². The zero-order chi connectivity index (χ0) is 10.7. The Morgan fingerprint density at radius 1 is 1.57 bits per heavy atom. The summed E-state index contributed by atoms with van der Waals surface area (Å²) in [6.45, 7) is 1.14. The molecule has 0 amide bonds. The molecule has 0 saturated heterocycles. The fourth-order valence-corrected chi connectivity index (χ4v) is 1.17. The molecule has 0 aliphatic heterocycles. The highest BCUT2D eigenvalue weighted by Gasteiger charge is 2.16. The van der Waals surface area contributed by atoms with Crippen molar-refractivity contribution >= 4 is 0 Å². The molecule has 5 heteroatoms. The molecule has 1 N–H and O–H groups in total. The highest BCUT2D eigenvalue weighted by Crippen LogP contribution is 2.27. The van der Waals surface area contributed by atoms with Crippen LogP contribution < -0.4 is 4.74 Å². The van der Waals surface area contributed by atoms with Gasteiger partial charge in [-0.2, -0.15) is 0 Å². The minimum atomic E-state index is -2.65. The maximum atomic E-state index is 12.5. The molecular formula is C9H11F2NO2.